The molecule has 2 fully saturated rings. The van der Waals surface area contributed by atoms with Crippen LogP contribution in [-0.2, 0) is 11.3 Å². The van der Waals surface area contributed by atoms with Gasteiger partial charge in [-0.05, 0) is 56.6 Å². The summed E-state index contributed by atoms with van der Waals surface area (Å²) in [4.78, 5) is 13.6. The maximum absolute atomic E-state index is 11.1. The Morgan fingerprint density at radius 1 is 1.38 bits per heavy atom. The zero-order valence-corrected chi connectivity index (χ0v) is 14.6. The van der Waals surface area contributed by atoms with Gasteiger partial charge in [0.15, 0.2) is 5.17 Å². The van der Waals surface area contributed by atoms with E-state index < -0.39 is 0 Å². The predicted octanol–water partition coefficient (Wildman–Crippen LogP) is 2.23. The summed E-state index contributed by atoms with van der Waals surface area (Å²) < 4.78 is 5.75. The Morgan fingerprint density at radius 2 is 2.21 bits per heavy atom. The highest BCUT2D eigenvalue weighted by atomic mass is 32.2. The third-order valence-electron chi connectivity index (χ3n) is 3.92. The Bertz CT molecular complexity index is 654. The quantitative estimate of drug-likeness (QED) is 0.634. The van der Waals surface area contributed by atoms with Gasteiger partial charge in [-0.3, -0.25) is 9.69 Å². The molecule has 1 aromatic rings. The third kappa shape index (κ3) is 4.58. The van der Waals surface area contributed by atoms with Crippen LogP contribution in [0.1, 0.15) is 30.9 Å². The zero-order valence-electron chi connectivity index (χ0n) is 13.8. The fraction of sp³-hybridized carbons (Fsp3) is 0.471. The highest BCUT2D eigenvalue weighted by molar-refractivity contribution is 8.15. The van der Waals surface area contributed by atoms with Crippen molar-refractivity contribution in [2.45, 2.75) is 26.3 Å². The van der Waals surface area contributed by atoms with Crippen LogP contribution in [0.4, 0.5) is 0 Å². The molecule has 0 spiro atoms. The summed E-state index contributed by atoms with van der Waals surface area (Å²) in [6, 6.07) is 6.07. The Balaban J connectivity index is 1.71. The van der Waals surface area contributed by atoms with Crippen molar-refractivity contribution >= 4 is 29.1 Å². The van der Waals surface area contributed by atoms with Crippen molar-refractivity contribution in [3.63, 3.8) is 0 Å². The summed E-state index contributed by atoms with van der Waals surface area (Å²) in [5.41, 5.74) is 2.16. The molecular formula is C17H22N4O2S. The molecule has 0 aliphatic carbocycles. The molecule has 0 unspecified atom stereocenters. The summed E-state index contributed by atoms with van der Waals surface area (Å²) in [6.45, 7) is 5.85. The summed E-state index contributed by atoms with van der Waals surface area (Å²) >= 11 is 1.37. The molecule has 2 heterocycles. The second kappa shape index (κ2) is 8.30. The minimum Gasteiger partial charge on any atom is -0.494 e. The van der Waals surface area contributed by atoms with Gasteiger partial charge in [0.05, 0.1) is 18.6 Å². The molecule has 2 saturated heterocycles. The molecule has 2 aliphatic rings. The van der Waals surface area contributed by atoms with Crippen molar-refractivity contribution in [2.75, 3.05) is 25.4 Å². The number of amides is 1. The van der Waals surface area contributed by atoms with E-state index in [0.717, 1.165) is 30.9 Å². The van der Waals surface area contributed by atoms with Gasteiger partial charge in [0.25, 0.3) is 0 Å². The van der Waals surface area contributed by atoms with Crippen molar-refractivity contribution in [2.24, 2.45) is 10.2 Å². The smallest absolute Gasteiger partial charge is 0.236 e. The van der Waals surface area contributed by atoms with Gasteiger partial charge in [0.2, 0.25) is 5.91 Å². The van der Waals surface area contributed by atoms with Crippen molar-refractivity contribution < 1.29 is 9.53 Å². The first-order chi connectivity index (χ1) is 11.7. The van der Waals surface area contributed by atoms with Gasteiger partial charge >= 0.3 is 0 Å². The number of rotatable bonds is 6. The lowest BCUT2D eigenvalue weighted by Gasteiger charge is -2.18. The standard InChI is InChI=1S/C17H22N4O2S/c1-2-23-15-6-5-13(9-14(15)11-21-7-3-4-8-21)10-18-20-17-19-16(22)12-24-17/h5-6,9-10H,2-4,7-8,11-12H2,1H3,(H,19,20,22). The number of likely N-dealkylation sites (tertiary alicyclic amines) is 1. The van der Waals surface area contributed by atoms with Crippen LogP contribution in [0.5, 0.6) is 5.75 Å². The average molecular weight is 346 g/mol. The largest absolute Gasteiger partial charge is 0.494 e. The van der Waals surface area contributed by atoms with Crippen LogP contribution in [0, 0.1) is 0 Å². The zero-order chi connectivity index (χ0) is 16.8. The number of benzene rings is 1. The van der Waals surface area contributed by atoms with Crippen LogP contribution in [-0.4, -0.2) is 47.6 Å². The van der Waals surface area contributed by atoms with Gasteiger partial charge in [0.1, 0.15) is 5.75 Å². The molecule has 24 heavy (non-hydrogen) atoms. The first-order valence-corrected chi connectivity index (χ1v) is 9.25. The number of carbonyl (C=O) groups excluding carboxylic acids is 1. The minimum absolute atomic E-state index is 0.0251. The third-order valence-corrected chi connectivity index (χ3v) is 4.78. The summed E-state index contributed by atoms with van der Waals surface area (Å²) in [5.74, 6) is 1.33. The number of hydrogen-bond donors (Lipinski definition) is 1. The van der Waals surface area contributed by atoms with Crippen LogP contribution in [0.15, 0.2) is 28.4 Å². The van der Waals surface area contributed by atoms with Gasteiger partial charge in [-0.15, -0.1) is 5.10 Å². The molecule has 128 valence electrons. The second-order valence-electron chi connectivity index (χ2n) is 5.77. The number of carbonyl (C=O) groups is 1. The molecule has 7 heteroatoms. The van der Waals surface area contributed by atoms with E-state index in [1.807, 2.05) is 19.1 Å². The highest BCUT2D eigenvalue weighted by Crippen LogP contribution is 2.23. The minimum atomic E-state index is -0.0251. The number of amidine groups is 1. The Labute approximate surface area is 146 Å². The number of nitrogens with zero attached hydrogens (tertiary/aromatic N) is 3. The van der Waals surface area contributed by atoms with E-state index >= 15 is 0 Å². The van der Waals surface area contributed by atoms with E-state index in [2.05, 4.69) is 26.5 Å². The van der Waals surface area contributed by atoms with Gasteiger partial charge in [-0.25, -0.2) is 0 Å². The van der Waals surface area contributed by atoms with Crippen LogP contribution in [0.3, 0.4) is 0 Å². The Hall–Kier alpha value is -1.86. The number of nitrogens with one attached hydrogen (secondary N) is 1. The molecule has 1 aromatic carbocycles. The van der Waals surface area contributed by atoms with Gasteiger partial charge in [-0.2, -0.15) is 5.10 Å². The van der Waals surface area contributed by atoms with Gasteiger partial charge < -0.3 is 10.1 Å². The SMILES string of the molecule is CCOc1ccc(C=NN=C2NC(=O)CS2)cc1CN1CCCC1. The molecule has 6 nitrogen and oxygen atoms in total. The topological polar surface area (TPSA) is 66.3 Å². The summed E-state index contributed by atoms with van der Waals surface area (Å²) in [6.07, 6.45) is 4.25. The van der Waals surface area contributed by atoms with Crippen LogP contribution < -0.4 is 10.1 Å². The second-order valence-corrected chi connectivity index (χ2v) is 6.73. The van der Waals surface area contributed by atoms with Crippen LogP contribution in [0.25, 0.3) is 0 Å². The van der Waals surface area contributed by atoms with E-state index in [-0.39, 0.29) is 5.91 Å². The molecule has 0 saturated carbocycles. The number of ether oxygens (including phenoxy) is 1. The molecule has 0 radical (unpaired) electrons. The first-order valence-electron chi connectivity index (χ1n) is 8.26. The monoisotopic (exact) mass is 346 g/mol. The van der Waals surface area contributed by atoms with Gasteiger partial charge in [0, 0.05) is 12.1 Å². The molecule has 1 amide bonds. The fourth-order valence-corrected chi connectivity index (χ4v) is 3.44. The average Bonchev–Trinajstić information content (AvgIpc) is 3.22. The predicted molar refractivity (Wildman–Crippen MR) is 97.8 cm³/mol. The maximum atomic E-state index is 11.1. The van der Waals surface area contributed by atoms with Crippen LogP contribution >= 0.6 is 11.8 Å². The molecule has 3 rings (SSSR count). The lowest BCUT2D eigenvalue weighted by molar-refractivity contribution is -0.116. The number of thioether (sulfide) groups is 1. The Morgan fingerprint density at radius 3 is 2.92 bits per heavy atom. The highest BCUT2D eigenvalue weighted by Gasteiger charge is 2.16. The van der Waals surface area contributed by atoms with Crippen molar-refractivity contribution in [1.82, 2.24) is 10.2 Å². The van der Waals surface area contributed by atoms with E-state index in [1.165, 1.54) is 30.2 Å². The van der Waals surface area contributed by atoms with E-state index in [4.69, 9.17) is 4.74 Å². The van der Waals surface area contributed by atoms with Crippen molar-refractivity contribution in [3.8, 4) is 5.75 Å². The normalized spacial score (nSPS) is 20.2. The molecule has 0 aromatic heterocycles. The van der Waals surface area contributed by atoms with Crippen molar-refractivity contribution in [3.05, 3.63) is 29.3 Å². The lowest BCUT2D eigenvalue weighted by Crippen LogP contribution is -2.19. The fourth-order valence-electron chi connectivity index (χ4n) is 2.81. The number of hydrogen-bond acceptors (Lipinski definition) is 6. The first kappa shape index (κ1) is 17.0. The van der Waals surface area contributed by atoms with Crippen LogP contribution in [0.2, 0.25) is 0 Å². The van der Waals surface area contributed by atoms with Crippen molar-refractivity contribution in [1.29, 1.82) is 0 Å². The molecule has 1 N–H and O–H groups in total. The summed E-state index contributed by atoms with van der Waals surface area (Å²) in [7, 11) is 0. The molecule has 0 atom stereocenters. The van der Waals surface area contributed by atoms with E-state index in [1.54, 1.807) is 6.21 Å². The van der Waals surface area contributed by atoms with Gasteiger partial charge in [-0.1, -0.05) is 11.8 Å². The van der Waals surface area contributed by atoms with E-state index in [9.17, 15) is 4.79 Å². The Kier molecular flexibility index (Phi) is 5.87. The molecule has 2 aliphatic heterocycles. The maximum Gasteiger partial charge on any atom is 0.236 e. The molecular weight excluding hydrogens is 324 g/mol. The lowest BCUT2D eigenvalue weighted by atomic mass is 10.1. The van der Waals surface area contributed by atoms with E-state index in [0.29, 0.717) is 17.5 Å². The summed E-state index contributed by atoms with van der Waals surface area (Å²) in [5, 5.41) is 11.3. The molecule has 0 bridgehead atoms.